The number of hydrogen-bond donors (Lipinski definition) is 0. The van der Waals surface area contributed by atoms with Crippen molar-refractivity contribution in [3.8, 4) is 17.0 Å². The molecule has 0 unspecified atom stereocenters. The molecule has 33 heavy (non-hydrogen) atoms. The minimum absolute atomic E-state index is 0.701. The number of nitrogens with zero attached hydrogens (tertiary/aromatic N) is 1. The summed E-state index contributed by atoms with van der Waals surface area (Å²) in [6, 6.07) is 12.9. The second-order valence-electron chi connectivity index (χ2n) is 8.81. The summed E-state index contributed by atoms with van der Waals surface area (Å²) in [5, 5.41) is 0. The van der Waals surface area contributed by atoms with Gasteiger partial charge in [-0.05, 0) is 62.6 Å². The predicted molar refractivity (Wildman–Crippen MR) is 141 cm³/mol. The topological polar surface area (TPSA) is 31.4 Å². The lowest BCUT2D eigenvalue weighted by Crippen LogP contribution is -1.96. The summed E-state index contributed by atoms with van der Waals surface area (Å²) in [5.41, 5.74) is 3.53. The first-order chi connectivity index (χ1) is 16.3. The SMILES string of the molecule is CCCCCCCC=CCCOc1ccc(-c2ccc(CCCCCOCCC)cc2)nc1. The zero-order chi connectivity index (χ0) is 23.4. The zero-order valence-electron chi connectivity index (χ0n) is 21.1. The van der Waals surface area contributed by atoms with Crippen LogP contribution in [-0.2, 0) is 11.2 Å². The summed E-state index contributed by atoms with van der Waals surface area (Å²) in [5.74, 6) is 0.839. The van der Waals surface area contributed by atoms with Crippen LogP contribution in [0.5, 0.6) is 5.75 Å². The minimum Gasteiger partial charge on any atom is -0.492 e. The molecular weight excluding hydrogens is 406 g/mol. The van der Waals surface area contributed by atoms with E-state index in [1.165, 1.54) is 56.9 Å². The Bertz CT molecular complexity index is 737. The van der Waals surface area contributed by atoms with Gasteiger partial charge < -0.3 is 9.47 Å². The highest BCUT2D eigenvalue weighted by atomic mass is 16.5. The van der Waals surface area contributed by atoms with Gasteiger partial charge in [-0.3, -0.25) is 4.98 Å². The highest BCUT2D eigenvalue weighted by Crippen LogP contribution is 2.21. The molecular formula is C30H45NO2. The average Bonchev–Trinajstić information content (AvgIpc) is 2.85. The largest absolute Gasteiger partial charge is 0.492 e. The van der Waals surface area contributed by atoms with Gasteiger partial charge in [0.15, 0.2) is 0 Å². The smallest absolute Gasteiger partial charge is 0.137 e. The lowest BCUT2D eigenvalue weighted by molar-refractivity contribution is 0.130. The molecule has 0 spiro atoms. The van der Waals surface area contributed by atoms with Crippen molar-refractivity contribution in [2.75, 3.05) is 19.8 Å². The molecule has 0 aliphatic carbocycles. The van der Waals surface area contributed by atoms with Gasteiger partial charge in [-0.15, -0.1) is 0 Å². The molecule has 3 nitrogen and oxygen atoms in total. The molecule has 1 aromatic heterocycles. The van der Waals surface area contributed by atoms with E-state index in [4.69, 9.17) is 9.47 Å². The van der Waals surface area contributed by atoms with Crippen molar-refractivity contribution in [2.24, 2.45) is 0 Å². The summed E-state index contributed by atoms with van der Waals surface area (Å²) in [6.07, 6.45) is 21.0. The van der Waals surface area contributed by atoms with Crippen LogP contribution in [0.3, 0.4) is 0 Å². The van der Waals surface area contributed by atoms with E-state index in [0.717, 1.165) is 55.9 Å². The van der Waals surface area contributed by atoms with Crippen LogP contribution in [0.1, 0.15) is 90.0 Å². The Morgan fingerprint density at radius 3 is 2.24 bits per heavy atom. The second-order valence-corrected chi connectivity index (χ2v) is 8.81. The zero-order valence-corrected chi connectivity index (χ0v) is 21.1. The summed E-state index contributed by atoms with van der Waals surface area (Å²) in [4.78, 5) is 4.60. The van der Waals surface area contributed by atoms with Gasteiger partial charge >= 0.3 is 0 Å². The molecule has 2 aromatic rings. The number of ether oxygens (including phenoxy) is 2. The Balaban J connectivity index is 1.61. The fourth-order valence-corrected chi connectivity index (χ4v) is 3.78. The number of aryl methyl sites for hydroxylation is 1. The lowest BCUT2D eigenvalue weighted by Gasteiger charge is -2.07. The standard InChI is InChI=1S/C30H45NO2/c1-3-5-6-7-8-9-10-11-15-25-33-29-21-22-30(31-26-29)28-19-17-27(18-20-28)16-13-12-14-24-32-23-4-2/h10-11,17-22,26H,3-9,12-16,23-25H2,1-2H3. The number of rotatable bonds is 19. The number of allylic oxidation sites excluding steroid dienone is 1. The third-order valence-corrected chi connectivity index (χ3v) is 5.78. The van der Waals surface area contributed by atoms with Crippen molar-refractivity contribution in [1.29, 1.82) is 0 Å². The maximum absolute atomic E-state index is 5.84. The average molecular weight is 452 g/mol. The molecule has 0 atom stereocenters. The molecule has 1 aromatic carbocycles. The molecule has 0 bridgehead atoms. The van der Waals surface area contributed by atoms with E-state index in [9.17, 15) is 0 Å². The molecule has 0 fully saturated rings. The second kappa shape index (κ2) is 18.3. The molecule has 0 N–H and O–H groups in total. The first kappa shape index (κ1) is 27.1. The van der Waals surface area contributed by atoms with Gasteiger partial charge in [0.05, 0.1) is 18.5 Å². The molecule has 2 rings (SSSR count). The fraction of sp³-hybridized carbons (Fsp3) is 0.567. The van der Waals surface area contributed by atoms with Crippen LogP contribution < -0.4 is 4.74 Å². The molecule has 0 aliphatic rings. The molecule has 3 heteroatoms. The molecule has 0 amide bonds. The van der Waals surface area contributed by atoms with Crippen molar-refractivity contribution in [3.05, 3.63) is 60.3 Å². The highest BCUT2D eigenvalue weighted by Gasteiger charge is 2.02. The van der Waals surface area contributed by atoms with Crippen molar-refractivity contribution in [1.82, 2.24) is 4.98 Å². The Morgan fingerprint density at radius 2 is 1.48 bits per heavy atom. The molecule has 1 heterocycles. The van der Waals surface area contributed by atoms with Crippen LogP contribution in [0.2, 0.25) is 0 Å². The number of hydrogen-bond acceptors (Lipinski definition) is 3. The first-order valence-electron chi connectivity index (χ1n) is 13.2. The highest BCUT2D eigenvalue weighted by molar-refractivity contribution is 5.59. The lowest BCUT2D eigenvalue weighted by atomic mass is 10.0. The summed E-state index contributed by atoms with van der Waals surface area (Å²) in [7, 11) is 0. The van der Waals surface area contributed by atoms with Crippen LogP contribution in [0.15, 0.2) is 54.7 Å². The number of benzene rings is 1. The molecule has 0 radical (unpaired) electrons. The van der Waals surface area contributed by atoms with Crippen LogP contribution in [-0.4, -0.2) is 24.8 Å². The number of pyridine rings is 1. The maximum atomic E-state index is 5.84. The first-order valence-corrected chi connectivity index (χ1v) is 13.2. The Morgan fingerprint density at radius 1 is 0.697 bits per heavy atom. The summed E-state index contributed by atoms with van der Waals surface area (Å²) < 4.78 is 11.4. The van der Waals surface area contributed by atoms with Crippen molar-refractivity contribution in [3.63, 3.8) is 0 Å². The fourth-order valence-electron chi connectivity index (χ4n) is 3.78. The van der Waals surface area contributed by atoms with Crippen LogP contribution in [0.4, 0.5) is 0 Å². The van der Waals surface area contributed by atoms with Gasteiger partial charge in [0.25, 0.3) is 0 Å². The van der Waals surface area contributed by atoms with E-state index in [-0.39, 0.29) is 0 Å². The molecule has 0 aliphatic heterocycles. The van der Waals surface area contributed by atoms with Crippen LogP contribution in [0, 0.1) is 0 Å². The molecule has 0 saturated heterocycles. The maximum Gasteiger partial charge on any atom is 0.137 e. The van der Waals surface area contributed by atoms with E-state index in [2.05, 4.69) is 55.2 Å². The predicted octanol–water partition coefficient (Wildman–Crippen LogP) is 8.57. The van der Waals surface area contributed by atoms with Crippen LogP contribution in [0.25, 0.3) is 11.3 Å². The number of aromatic nitrogens is 1. The Hall–Kier alpha value is -2.13. The monoisotopic (exact) mass is 451 g/mol. The van der Waals surface area contributed by atoms with Crippen molar-refractivity contribution < 1.29 is 9.47 Å². The quantitative estimate of drug-likeness (QED) is 0.158. The normalized spacial score (nSPS) is 11.3. The Labute approximate surface area is 202 Å². The van der Waals surface area contributed by atoms with E-state index >= 15 is 0 Å². The van der Waals surface area contributed by atoms with E-state index < -0.39 is 0 Å². The van der Waals surface area contributed by atoms with Gasteiger partial charge in [-0.25, -0.2) is 0 Å². The van der Waals surface area contributed by atoms with Crippen molar-refractivity contribution in [2.45, 2.75) is 90.9 Å². The minimum atomic E-state index is 0.701. The summed E-state index contributed by atoms with van der Waals surface area (Å²) >= 11 is 0. The van der Waals surface area contributed by atoms with E-state index in [0.29, 0.717) is 6.61 Å². The van der Waals surface area contributed by atoms with Crippen molar-refractivity contribution >= 4 is 0 Å². The van der Waals surface area contributed by atoms with Gasteiger partial charge in [0.1, 0.15) is 5.75 Å². The third kappa shape index (κ3) is 12.6. The van der Waals surface area contributed by atoms with Crippen LogP contribution >= 0.6 is 0 Å². The van der Waals surface area contributed by atoms with Gasteiger partial charge in [0.2, 0.25) is 0 Å². The van der Waals surface area contributed by atoms with Gasteiger partial charge in [-0.1, -0.05) is 82.4 Å². The van der Waals surface area contributed by atoms with Gasteiger partial charge in [-0.2, -0.15) is 0 Å². The Kier molecular flexibility index (Phi) is 15.0. The van der Waals surface area contributed by atoms with E-state index in [1.54, 1.807) is 0 Å². The number of unbranched alkanes of at least 4 members (excludes halogenated alkanes) is 7. The third-order valence-electron chi connectivity index (χ3n) is 5.78. The molecule has 182 valence electrons. The van der Waals surface area contributed by atoms with Gasteiger partial charge in [0, 0.05) is 18.8 Å². The van der Waals surface area contributed by atoms with E-state index in [1.807, 2.05) is 18.3 Å². The molecule has 0 saturated carbocycles. The summed E-state index contributed by atoms with van der Waals surface area (Å²) in [6.45, 7) is 6.90.